The van der Waals surface area contributed by atoms with Crippen LogP contribution in [0.15, 0.2) is 33.6 Å². The minimum atomic E-state index is -3.84. The molecule has 0 fully saturated rings. The maximum atomic E-state index is 11.8. The van der Waals surface area contributed by atoms with Gasteiger partial charge in [-0.15, -0.1) is 0 Å². The summed E-state index contributed by atoms with van der Waals surface area (Å²) in [6.45, 7) is 3.48. The molecule has 0 heterocycles. The van der Waals surface area contributed by atoms with Gasteiger partial charge in [0.15, 0.2) is 0 Å². The van der Waals surface area contributed by atoms with Gasteiger partial charge in [-0.05, 0) is 41.9 Å². The summed E-state index contributed by atoms with van der Waals surface area (Å²) in [6.07, 6.45) is 0. The number of carbonyl (C=O) groups is 1. The third-order valence-corrected chi connectivity index (χ3v) is 4.12. The van der Waals surface area contributed by atoms with Crippen molar-refractivity contribution in [3.63, 3.8) is 0 Å². The van der Waals surface area contributed by atoms with Crippen LogP contribution in [-0.2, 0) is 10.0 Å². The summed E-state index contributed by atoms with van der Waals surface area (Å²) in [5, 5.41) is 2.44. The quantitative estimate of drug-likeness (QED) is 0.892. The van der Waals surface area contributed by atoms with E-state index in [-0.39, 0.29) is 10.9 Å². The van der Waals surface area contributed by atoms with Gasteiger partial charge in [-0.2, -0.15) is 0 Å². The third kappa shape index (κ3) is 4.01. The Bertz CT molecular complexity index is 514. The molecule has 0 saturated heterocycles. The molecule has 0 aromatic heterocycles. The number of nitrogens with one attached hydrogen (secondary N) is 2. The van der Waals surface area contributed by atoms with E-state index in [9.17, 15) is 13.2 Å². The fourth-order valence-corrected chi connectivity index (χ4v) is 3.05. The Kier molecular flexibility index (Phi) is 4.53. The second kappa shape index (κ2) is 5.50. The van der Waals surface area contributed by atoms with E-state index < -0.39 is 16.1 Å². The normalized spacial score (nSPS) is 11.3. The van der Waals surface area contributed by atoms with Gasteiger partial charge in [0.1, 0.15) is 4.90 Å². The summed E-state index contributed by atoms with van der Waals surface area (Å²) in [7, 11) is -3.84. The van der Waals surface area contributed by atoms with E-state index >= 15 is 0 Å². The number of halogens is 1. The number of hydrogen-bond donors (Lipinski definition) is 2. The van der Waals surface area contributed by atoms with Gasteiger partial charge in [-0.25, -0.2) is 17.9 Å². The van der Waals surface area contributed by atoms with Crippen LogP contribution in [0.5, 0.6) is 0 Å². The van der Waals surface area contributed by atoms with Crippen LogP contribution >= 0.6 is 15.9 Å². The molecule has 0 unspecified atom stereocenters. The predicted molar refractivity (Wildman–Crippen MR) is 68.1 cm³/mol. The van der Waals surface area contributed by atoms with Crippen molar-refractivity contribution in [2.45, 2.75) is 24.8 Å². The highest BCUT2D eigenvalue weighted by Gasteiger charge is 2.20. The van der Waals surface area contributed by atoms with Crippen LogP contribution in [0.1, 0.15) is 13.8 Å². The smallest absolute Gasteiger partial charge is 0.328 e. The zero-order chi connectivity index (χ0) is 13.1. The molecule has 0 radical (unpaired) electrons. The van der Waals surface area contributed by atoms with Crippen molar-refractivity contribution < 1.29 is 13.2 Å². The zero-order valence-electron chi connectivity index (χ0n) is 9.40. The van der Waals surface area contributed by atoms with Gasteiger partial charge in [0, 0.05) is 10.5 Å². The fourth-order valence-electron chi connectivity index (χ4n) is 1.13. The van der Waals surface area contributed by atoms with Crippen molar-refractivity contribution in [1.82, 2.24) is 10.0 Å². The van der Waals surface area contributed by atoms with Gasteiger partial charge in [0.2, 0.25) is 0 Å². The number of carbonyl (C=O) groups excluding carboxylic acids is 1. The number of urea groups is 1. The van der Waals surface area contributed by atoms with Crippen molar-refractivity contribution in [1.29, 1.82) is 0 Å². The number of hydrogen-bond acceptors (Lipinski definition) is 3. The third-order valence-electron chi connectivity index (χ3n) is 1.77. The van der Waals surface area contributed by atoms with E-state index in [1.54, 1.807) is 32.0 Å². The van der Waals surface area contributed by atoms with E-state index in [2.05, 4.69) is 21.2 Å². The first-order valence-electron chi connectivity index (χ1n) is 4.91. The van der Waals surface area contributed by atoms with Crippen LogP contribution in [0.3, 0.4) is 0 Å². The summed E-state index contributed by atoms with van der Waals surface area (Å²) in [5.74, 6) is 0. The van der Waals surface area contributed by atoms with Crippen molar-refractivity contribution in [2.75, 3.05) is 0 Å². The standard InChI is InChI=1S/C10H13BrN2O3S/c1-7(2)12-10(14)13-17(15,16)9-6-4-3-5-8(9)11/h3-7H,1-2H3,(H2,12,13,14). The summed E-state index contributed by atoms with van der Waals surface area (Å²) >= 11 is 3.12. The lowest BCUT2D eigenvalue weighted by molar-refractivity contribution is 0.243. The van der Waals surface area contributed by atoms with E-state index in [1.165, 1.54) is 6.07 Å². The average Bonchev–Trinajstić information content (AvgIpc) is 2.15. The van der Waals surface area contributed by atoms with E-state index in [1.807, 2.05) is 4.72 Å². The minimum Gasteiger partial charge on any atom is -0.335 e. The monoisotopic (exact) mass is 320 g/mol. The van der Waals surface area contributed by atoms with Gasteiger partial charge in [0.05, 0.1) is 0 Å². The molecule has 94 valence electrons. The molecule has 0 spiro atoms. The molecule has 0 bridgehead atoms. The second-order valence-corrected chi connectivity index (χ2v) is 6.17. The molecule has 0 aliphatic carbocycles. The van der Waals surface area contributed by atoms with Gasteiger partial charge < -0.3 is 5.32 Å². The van der Waals surface area contributed by atoms with Crippen molar-refractivity contribution in [3.05, 3.63) is 28.7 Å². The van der Waals surface area contributed by atoms with Crippen molar-refractivity contribution in [2.24, 2.45) is 0 Å². The van der Waals surface area contributed by atoms with E-state index in [4.69, 9.17) is 0 Å². The van der Waals surface area contributed by atoms with Crippen LogP contribution in [0.4, 0.5) is 4.79 Å². The highest BCUT2D eigenvalue weighted by atomic mass is 79.9. The maximum Gasteiger partial charge on any atom is 0.328 e. The van der Waals surface area contributed by atoms with Crippen LogP contribution in [0, 0.1) is 0 Å². The molecular weight excluding hydrogens is 308 g/mol. The summed E-state index contributed by atoms with van der Waals surface area (Å²) in [6, 6.07) is 5.40. The molecule has 17 heavy (non-hydrogen) atoms. The second-order valence-electron chi connectivity index (χ2n) is 3.66. The molecule has 0 aliphatic rings. The Hall–Kier alpha value is -1.08. The Balaban J connectivity index is 2.91. The molecule has 2 N–H and O–H groups in total. The number of sulfonamides is 1. The van der Waals surface area contributed by atoms with Gasteiger partial charge in [-0.1, -0.05) is 12.1 Å². The fraction of sp³-hybridized carbons (Fsp3) is 0.300. The molecule has 0 aliphatic heterocycles. The first kappa shape index (κ1) is 14.0. The maximum absolute atomic E-state index is 11.8. The molecule has 0 atom stereocenters. The first-order chi connectivity index (χ1) is 7.83. The van der Waals surface area contributed by atoms with Crippen molar-refractivity contribution >= 4 is 32.0 Å². The lowest BCUT2D eigenvalue weighted by Crippen LogP contribution is -2.42. The predicted octanol–water partition coefficient (Wildman–Crippen LogP) is 1.85. The molecular formula is C10H13BrN2O3S. The highest BCUT2D eigenvalue weighted by Crippen LogP contribution is 2.20. The minimum absolute atomic E-state index is 0.0268. The Morgan fingerprint density at radius 2 is 1.88 bits per heavy atom. The summed E-state index contributed by atoms with van der Waals surface area (Å²) in [5.41, 5.74) is 0. The number of benzene rings is 1. The van der Waals surface area contributed by atoms with E-state index in [0.29, 0.717) is 4.47 Å². The molecule has 2 amide bonds. The lowest BCUT2D eigenvalue weighted by Gasteiger charge is -2.11. The van der Waals surface area contributed by atoms with Gasteiger partial charge in [-0.3, -0.25) is 0 Å². The van der Waals surface area contributed by atoms with Gasteiger partial charge in [0.25, 0.3) is 10.0 Å². The molecule has 1 rings (SSSR count). The Morgan fingerprint density at radius 3 is 2.41 bits per heavy atom. The summed E-state index contributed by atoms with van der Waals surface area (Å²) < 4.78 is 26.0. The molecule has 5 nitrogen and oxygen atoms in total. The van der Waals surface area contributed by atoms with Crippen LogP contribution in [0.2, 0.25) is 0 Å². The topological polar surface area (TPSA) is 75.3 Å². The summed E-state index contributed by atoms with van der Waals surface area (Å²) in [4.78, 5) is 11.4. The van der Waals surface area contributed by atoms with Crippen LogP contribution < -0.4 is 10.0 Å². The molecule has 1 aromatic carbocycles. The Morgan fingerprint density at radius 1 is 1.29 bits per heavy atom. The molecule has 7 heteroatoms. The van der Waals surface area contributed by atoms with Crippen LogP contribution in [-0.4, -0.2) is 20.5 Å². The average molecular weight is 321 g/mol. The first-order valence-corrected chi connectivity index (χ1v) is 7.18. The molecule has 0 saturated carbocycles. The zero-order valence-corrected chi connectivity index (χ0v) is 11.8. The van der Waals surface area contributed by atoms with E-state index in [0.717, 1.165) is 0 Å². The highest BCUT2D eigenvalue weighted by molar-refractivity contribution is 9.10. The lowest BCUT2D eigenvalue weighted by atomic mass is 10.4. The largest absolute Gasteiger partial charge is 0.335 e. The van der Waals surface area contributed by atoms with Gasteiger partial charge >= 0.3 is 6.03 Å². The molecule has 1 aromatic rings. The van der Waals surface area contributed by atoms with Crippen molar-refractivity contribution in [3.8, 4) is 0 Å². The van der Waals surface area contributed by atoms with Crippen LogP contribution in [0.25, 0.3) is 0 Å². The number of rotatable bonds is 3. The number of amides is 2. The Labute approximate surface area is 109 Å². The SMILES string of the molecule is CC(C)NC(=O)NS(=O)(=O)c1ccccc1Br.